The molecule has 0 spiro atoms. The minimum Gasteiger partial charge on any atom is -0.378 e. The van der Waals surface area contributed by atoms with Crippen LogP contribution in [0.25, 0.3) is 0 Å². The first-order valence-corrected chi connectivity index (χ1v) is 4.70. The highest BCUT2D eigenvalue weighted by molar-refractivity contribution is 5.88. The van der Waals surface area contributed by atoms with Gasteiger partial charge in [0, 0.05) is 13.1 Å². The van der Waals surface area contributed by atoms with Gasteiger partial charge in [-0.2, -0.15) is 0 Å². The summed E-state index contributed by atoms with van der Waals surface area (Å²) < 4.78 is 9.62. The van der Waals surface area contributed by atoms with E-state index >= 15 is 0 Å². The Labute approximate surface area is 86.3 Å². The summed E-state index contributed by atoms with van der Waals surface area (Å²) in [6.45, 7) is 4.05. The summed E-state index contributed by atoms with van der Waals surface area (Å²) in [7, 11) is 0. The number of hydrogen-bond donors (Lipinski definition) is 1. The van der Waals surface area contributed by atoms with Gasteiger partial charge in [0.1, 0.15) is 5.69 Å². The number of hydrogen-bond acceptors (Lipinski definition) is 5. The van der Waals surface area contributed by atoms with E-state index < -0.39 is 0 Å². The Hall–Kier alpha value is -1.63. The summed E-state index contributed by atoms with van der Waals surface area (Å²) in [6, 6.07) is -0.197. The molecule has 1 saturated heterocycles. The van der Waals surface area contributed by atoms with Crippen LogP contribution in [0.5, 0.6) is 0 Å². The van der Waals surface area contributed by atoms with Crippen LogP contribution in [0.2, 0.25) is 0 Å². The van der Waals surface area contributed by atoms with Gasteiger partial charge in [0.2, 0.25) is 5.82 Å². The van der Waals surface area contributed by atoms with E-state index in [1.54, 1.807) is 11.8 Å². The van der Waals surface area contributed by atoms with E-state index in [-0.39, 0.29) is 6.03 Å². The summed E-state index contributed by atoms with van der Waals surface area (Å²) in [6.07, 6.45) is 0. The van der Waals surface area contributed by atoms with Gasteiger partial charge in [-0.25, -0.2) is 9.42 Å². The van der Waals surface area contributed by atoms with Crippen molar-refractivity contribution in [3.8, 4) is 0 Å². The lowest BCUT2D eigenvalue weighted by atomic mass is 10.4. The zero-order valence-corrected chi connectivity index (χ0v) is 8.39. The predicted octanol–water partition coefficient (Wildman–Crippen LogP) is 0.242. The largest absolute Gasteiger partial charge is 0.378 e. The first kappa shape index (κ1) is 9.91. The van der Waals surface area contributed by atoms with Crippen LogP contribution in [0.3, 0.4) is 0 Å². The number of aromatic nitrogens is 2. The van der Waals surface area contributed by atoms with Crippen LogP contribution in [0, 0.1) is 6.92 Å². The SMILES string of the molecule is Cc1nonc1NC(=O)N1CCOCC1. The number of ether oxygens (including phenoxy) is 1. The number of nitrogens with one attached hydrogen (secondary N) is 1. The number of carbonyl (C=O) groups is 1. The second-order valence-electron chi connectivity index (χ2n) is 3.23. The van der Waals surface area contributed by atoms with Crippen LogP contribution < -0.4 is 5.32 Å². The summed E-state index contributed by atoms with van der Waals surface area (Å²) in [4.78, 5) is 13.3. The molecular formula is C8H12N4O3. The van der Waals surface area contributed by atoms with Gasteiger partial charge in [0.15, 0.2) is 0 Å². The number of anilines is 1. The first-order chi connectivity index (χ1) is 7.27. The molecule has 0 unspecified atom stereocenters. The maximum atomic E-state index is 11.7. The Balaban J connectivity index is 1.94. The average molecular weight is 212 g/mol. The fourth-order valence-corrected chi connectivity index (χ4v) is 1.29. The fraction of sp³-hybridized carbons (Fsp3) is 0.625. The summed E-state index contributed by atoms with van der Waals surface area (Å²) in [5.74, 6) is 0.367. The third-order valence-corrected chi connectivity index (χ3v) is 2.18. The van der Waals surface area contributed by atoms with Crippen molar-refractivity contribution < 1.29 is 14.2 Å². The van der Waals surface area contributed by atoms with Crippen molar-refractivity contribution in [1.29, 1.82) is 0 Å². The van der Waals surface area contributed by atoms with Crippen LogP contribution in [-0.4, -0.2) is 47.5 Å². The molecule has 82 valence electrons. The lowest BCUT2D eigenvalue weighted by molar-refractivity contribution is 0.0564. The molecule has 0 bridgehead atoms. The molecule has 1 aromatic heterocycles. The topological polar surface area (TPSA) is 80.5 Å². The van der Waals surface area contributed by atoms with Crippen LogP contribution in [-0.2, 0) is 4.74 Å². The average Bonchev–Trinajstić information content (AvgIpc) is 2.66. The molecule has 7 nitrogen and oxygen atoms in total. The normalized spacial score (nSPS) is 16.5. The molecule has 2 rings (SSSR count). The van der Waals surface area contributed by atoms with Gasteiger partial charge >= 0.3 is 6.03 Å². The molecule has 1 N–H and O–H groups in total. The van der Waals surface area contributed by atoms with Gasteiger partial charge in [-0.1, -0.05) is 5.16 Å². The molecule has 15 heavy (non-hydrogen) atoms. The van der Waals surface area contributed by atoms with E-state index in [1.807, 2.05) is 0 Å². The lowest BCUT2D eigenvalue weighted by Gasteiger charge is -2.26. The van der Waals surface area contributed by atoms with E-state index in [4.69, 9.17) is 4.74 Å². The summed E-state index contributed by atoms with van der Waals surface area (Å²) in [5, 5.41) is 9.77. The second kappa shape index (κ2) is 4.26. The molecule has 1 aromatic rings. The van der Waals surface area contributed by atoms with E-state index in [0.717, 1.165) is 0 Å². The van der Waals surface area contributed by atoms with Crippen LogP contribution >= 0.6 is 0 Å². The molecule has 2 amide bonds. The van der Waals surface area contributed by atoms with Crippen molar-refractivity contribution in [2.45, 2.75) is 6.92 Å². The molecule has 7 heteroatoms. The Kier molecular flexibility index (Phi) is 2.82. The molecule has 2 heterocycles. The second-order valence-corrected chi connectivity index (χ2v) is 3.23. The Morgan fingerprint density at radius 1 is 1.40 bits per heavy atom. The standard InChI is InChI=1S/C8H12N4O3/c1-6-7(11-15-10-6)9-8(13)12-2-4-14-5-3-12/h2-5H2,1H3,(H,9,11,13). The maximum Gasteiger partial charge on any atom is 0.323 e. The van der Waals surface area contributed by atoms with Gasteiger partial charge in [0.25, 0.3) is 0 Å². The summed E-state index contributed by atoms with van der Waals surface area (Å²) >= 11 is 0. The molecule has 0 saturated carbocycles. The van der Waals surface area contributed by atoms with E-state index in [2.05, 4.69) is 20.3 Å². The number of amides is 2. The van der Waals surface area contributed by atoms with E-state index in [1.165, 1.54) is 0 Å². The van der Waals surface area contributed by atoms with Crippen molar-refractivity contribution >= 4 is 11.8 Å². The predicted molar refractivity (Wildman–Crippen MR) is 50.4 cm³/mol. The van der Waals surface area contributed by atoms with E-state index in [9.17, 15) is 4.79 Å². The highest BCUT2D eigenvalue weighted by atomic mass is 16.6. The van der Waals surface area contributed by atoms with E-state index in [0.29, 0.717) is 37.8 Å². The van der Waals surface area contributed by atoms with Crippen LogP contribution in [0.15, 0.2) is 4.63 Å². The van der Waals surface area contributed by atoms with Gasteiger partial charge < -0.3 is 9.64 Å². The van der Waals surface area contributed by atoms with Gasteiger partial charge in [-0.05, 0) is 12.1 Å². The zero-order valence-electron chi connectivity index (χ0n) is 8.39. The third-order valence-electron chi connectivity index (χ3n) is 2.18. The van der Waals surface area contributed by atoms with Crippen LogP contribution in [0.4, 0.5) is 10.6 Å². The smallest absolute Gasteiger partial charge is 0.323 e. The molecule has 0 aromatic carbocycles. The molecule has 0 aliphatic carbocycles. The van der Waals surface area contributed by atoms with Crippen molar-refractivity contribution in [3.05, 3.63) is 5.69 Å². The highest BCUT2D eigenvalue weighted by Crippen LogP contribution is 2.08. The van der Waals surface area contributed by atoms with Crippen molar-refractivity contribution in [2.24, 2.45) is 0 Å². The maximum absolute atomic E-state index is 11.7. The van der Waals surface area contributed by atoms with Crippen molar-refractivity contribution in [1.82, 2.24) is 15.2 Å². The number of carbonyl (C=O) groups excluding carboxylic acids is 1. The summed E-state index contributed by atoms with van der Waals surface area (Å²) in [5.41, 5.74) is 0.566. The minimum absolute atomic E-state index is 0.197. The molecule has 0 atom stereocenters. The molecule has 1 fully saturated rings. The molecule has 0 radical (unpaired) electrons. The molecule has 1 aliphatic rings. The number of morpholine rings is 1. The number of rotatable bonds is 1. The Morgan fingerprint density at radius 2 is 2.13 bits per heavy atom. The van der Waals surface area contributed by atoms with Crippen molar-refractivity contribution in [3.63, 3.8) is 0 Å². The fourth-order valence-electron chi connectivity index (χ4n) is 1.29. The highest BCUT2D eigenvalue weighted by Gasteiger charge is 2.18. The monoisotopic (exact) mass is 212 g/mol. The van der Waals surface area contributed by atoms with Gasteiger partial charge in [0.05, 0.1) is 13.2 Å². The quantitative estimate of drug-likeness (QED) is 0.721. The van der Waals surface area contributed by atoms with Crippen LogP contribution in [0.1, 0.15) is 5.69 Å². The number of aryl methyl sites for hydroxylation is 1. The Bertz CT molecular complexity index is 345. The lowest BCUT2D eigenvalue weighted by Crippen LogP contribution is -2.43. The van der Waals surface area contributed by atoms with Gasteiger partial charge in [-0.15, -0.1) is 0 Å². The number of nitrogens with zero attached hydrogens (tertiary/aromatic N) is 3. The van der Waals surface area contributed by atoms with Crippen molar-refractivity contribution in [2.75, 3.05) is 31.6 Å². The zero-order chi connectivity index (χ0) is 10.7. The minimum atomic E-state index is -0.197. The third kappa shape index (κ3) is 2.24. The first-order valence-electron chi connectivity index (χ1n) is 4.70. The molecule has 1 aliphatic heterocycles. The number of urea groups is 1. The van der Waals surface area contributed by atoms with Gasteiger partial charge in [-0.3, -0.25) is 5.32 Å². The molecular weight excluding hydrogens is 200 g/mol. The Morgan fingerprint density at radius 3 is 2.73 bits per heavy atom.